The van der Waals surface area contributed by atoms with Crippen molar-refractivity contribution in [2.75, 3.05) is 7.05 Å². The summed E-state index contributed by atoms with van der Waals surface area (Å²) in [4.78, 5) is 27.4. The summed E-state index contributed by atoms with van der Waals surface area (Å²) in [5.41, 5.74) is 1.05. The molecule has 7 heteroatoms. The molecular formula is C22H35N4O3+. The molecular weight excluding hydrogens is 368 g/mol. The van der Waals surface area contributed by atoms with E-state index in [1.165, 1.54) is 0 Å². The van der Waals surface area contributed by atoms with Crippen LogP contribution in [-0.4, -0.2) is 59.3 Å². The fourth-order valence-electron chi connectivity index (χ4n) is 4.71. The van der Waals surface area contributed by atoms with Crippen LogP contribution < -0.4 is 16.0 Å². The maximum Gasteiger partial charge on any atom is 0.278 e. The molecule has 0 saturated carbocycles. The highest BCUT2D eigenvalue weighted by Crippen LogP contribution is 2.33. The summed E-state index contributed by atoms with van der Waals surface area (Å²) in [7, 11) is 1.89. The predicted molar refractivity (Wildman–Crippen MR) is 111 cm³/mol. The zero-order valence-electron chi connectivity index (χ0n) is 17.5. The van der Waals surface area contributed by atoms with E-state index < -0.39 is 6.23 Å². The molecule has 7 nitrogen and oxygen atoms in total. The van der Waals surface area contributed by atoms with Crippen LogP contribution in [0.25, 0.3) is 0 Å². The van der Waals surface area contributed by atoms with Crippen molar-refractivity contribution < 1.29 is 20.0 Å². The number of likely N-dealkylation sites (N-methyl/N-ethyl adjacent to an activating group) is 1. The standard InChI is InChI=1S/C22H34N4O3/c1-3-17(23-2)20(27)25-18-11-7-10-16-12-13-19(26(16)22(18)29)21(28)24-14-15-8-5-4-6-9-15/h4-6,8-9,16-19,22-23,29H,3,7,10-14H2,1-2H3,(H,24,28)(H,25,27)/p+1/t16-,17-,18-,19-,22-/m0/s1. The number of nitrogens with two attached hydrogens (primary N) is 1. The van der Waals surface area contributed by atoms with Crippen molar-refractivity contribution in [1.29, 1.82) is 0 Å². The molecule has 29 heavy (non-hydrogen) atoms. The van der Waals surface area contributed by atoms with Gasteiger partial charge in [-0.2, -0.15) is 0 Å². The number of aliphatic hydroxyl groups is 1. The minimum atomic E-state index is -0.837. The van der Waals surface area contributed by atoms with Crippen molar-refractivity contribution in [1.82, 2.24) is 15.5 Å². The van der Waals surface area contributed by atoms with Gasteiger partial charge in [0.05, 0.1) is 19.1 Å². The molecule has 0 aliphatic carbocycles. The maximum atomic E-state index is 12.9. The lowest BCUT2D eigenvalue weighted by atomic mass is 10.0. The van der Waals surface area contributed by atoms with Crippen molar-refractivity contribution in [3.63, 3.8) is 0 Å². The molecule has 0 spiro atoms. The third kappa shape index (κ3) is 5.15. The van der Waals surface area contributed by atoms with Crippen LogP contribution in [0.4, 0.5) is 0 Å². The third-order valence-electron chi connectivity index (χ3n) is 6.39. The topological polar surface area (TPSA) is 98.3 Å². The molecule has 3 rings (SSSR count). The number of rotatable bonds is 7. The van der Waals surface area contributed by atoms with Gasteiger partial charge in [0.25, 0.3) is 5.91 Å². The number of hydrogen-bond donors (Lipinski definition) is 4. The Morgan fingerprint density at radius 3 is 2.66 bits per heavy atom. The van der Waals surface area contributed by atoms with E-state index in [1.54, 1.807) is 0 Å². The molecule has 0 aromatic heterocycles. The lowest BCUT2D eigenvalue weighted by molar-refractivity contribution is -0.650. The fourth-order valence-corrected chi connectivity index (χ4v) is 4.71. The molecule has 2 aliphatic heterocycles. The zero-order chi connectivity index (χ0) is 20.8. The highest BCUT2D eigenvalue weighted by Gasteiger charge is 2.45. The monoisotopic (exact) mass is 403 g/mol. The van der Waals surface area contributed by atoms with E-state index >= 15 is 0 Å². The molecule has 2 amide bonds. The smallest absolute Gasteiger partial charge is 0.278 e. The van der Waals surface area contributed by atoms with Gasteiger partial charge < -0.3 is 21.1 Å². The number of nitrogens with one attached hydrogen (secondary N) is 2. The molecule has 5 atom stereocenters. The van der Waals surface area contributed by atoms with Crippen LogP contribution >= 0.6 is 0 Å². The number of quaternary nitrogens is 1. The Morgan fingerprint density at radius 2 is 1.97 bits per heavy atom. The molecule has 0 bridgehead atoms. The minimum absolute atomic E-state index is 0.0400. The van der Waals surface area contributed by atoms with E-state index in [0.29, 0.717) is 6.54 Å². The summed E-state index contributed by atoms with van der Waals surface area (Å²) in [5.74, 6) is -0.0857. The predicted octanol–water partition coefficient (Wildman–Crippen LogP) is 0.0947. The Labute approximate surface area is 173 Å². The first kappa shape index (κ1) is 21.7. The number of aliphatic hydroxyl groups excluding tert-OH is 1. The summed E-state index contributed by atoms with van der Waals surface area (Å²) in [6.45, 7) is 2.47. The Balaban J connectivity index is 1.65. The lowest BCUT2D eigenvalue weighted by Crippen LogP contribution is -2.89. The van der Waals surface area contributed by atoms with Crippen LogP contribution in [0.3, 0.4) is 0 Å². The average Bonchev–Trinajstić information content (AvgIpc) is 3.10. The molecule has 2 saturated heterocycles. The number of nitrogens with zero attached hydrogens (tertiary/aromatic N) is 1. The van der Waals surface area contributed by atoms with E-state index in [9.17, 15) is 14.7 Å². The number of amides is 2. The van der Waals surface area contributed by atoms with Crippen molar-refractivity contribution in [2.24, 2.45) is 0 Å². The quantitative estimate of drug-likeness (QED) is 0.519. The van der Waals surface area contributed by atoms with Crippen LogP contribution in [0, 0.1) is 0 Å². The first-order valence-electron chi connectivity index (χ1n) is 10.9. The van der Waals surface area contributed by atoms with Gasteiger partial charge in [-0.1, -0.05) is 37.3 Å². The fraction of sp³-hybridized carbons (Fsp3) is 0.636. The minimum Gasteiger partial charge on any atom is -0.376 e. The molecule has 160 valence electrons. The first-order valence-corrected chi connectivity index (χ1v) is 10.9. The van der Waals surface area contributed by atoms with Crippen molar-refractivity contribution in [2.45, 2.75) is 82.4 Å². The molecule has 1 aromatic rings. The second kappa shape index (κ2) is 10.2. The molecule has 5 N–H and O–H groups in total. The van der Waals surface area contributed by atoms with Gasteiger partial charge in [0.15, 0.2) is 6.04 Å². The van der Waals surface area contributed by atoms with E-state index in [-0.39, 0.29) is 36.0 Å². The van der Waals surface area contributed by atoms with E-state index in [1.807, 2.05) is 54.5 Å². The van der Waals surface area contributed by atoms with Crippen LogP contribution in [0.1, 0.15) is 51.0 Å². The van der Waals surface area contributed by atoms with Crippen LogP contribution in [-0.2, 0) is 16.1 Å². The molecule has 2 aliphatic rings. The van der Waals surface area contributed by atoms with Crippen molar-refractivity contribution >= 4 is 11.8 Å². The summed E-state index contributed by atoms with van der Waals surface area (Å²) in [5, 5.41) is 19.1. The second-order valence-corrected chi connectivity index (χ2v) is 8.21. The summed E-state index contributed by atoms with van der Waals surface area (Å²) in [6, 6.07) is 9.18. The Bertz CT molecular complexity index is 680. The highest BCUT2D eigenvalue weighted by molar-refractivity contribution is 5.82. The van der Waals surface area contributed by atoms with Crippen LogP contribution in [0.5, 0.6) is 0 Å². The van der Waals surface area contributed by atoms with Gasteiger partial charge in [0.2, 0.25) is 5.91 Å². The highest BCUT2D eigenvalue weighted by atomic mass is 16.3. The first-order chi connectivity index (χ1) is 14.0. The Kier molecular flexibility index (Phi) is 7.64. The van der Waals surface area contributed by atoms with Crippen LogP contribution in [0.15, 0.2) is 30.3 Å². The normalized spacial score (nSPS) is 28.2. The summed E-state index contributed by atoms with van der Waals surface area (Å²) in [6.07, 6.45) is 4.17. The van der Waals surface area contributed by atoms with Gasteiger partial charge in [-0.25, -0.2) is 0 Å². The number of fused-ring (bicyclic) bond motifs is 1. The Hall–Kier alpha value is -1.96. The largest absolute Gasteiger partial charge is 0.376 e. The summed E-state index contributed by atoms with van der Waals surface area (Å²) < 4.78 is 0. The van der Waals surface area contributed by atoms with Crippen molar-refractivity contribution in [3.05, 3.63) is 35.9 Å². The van der Waals surface area contributed by atoms with Gasteiger partial charge in [0.1, 0.15) is 6.23 Å². The molecule has 0 unspecified atom stereocenters. The molecule has 2 heterocycles. The maximum absolute atomic E-state index is 12.9. The Morgan fingerprint density at radius 1 is 1.21 bits per heavy atom. The van der Waals surface area contributed by atoms with E-state index in [4.69, 9.17) is 0 Å². The summed E-state index contributed by atoms with van der Waals surface area (Å²) >= 11 is 0. The molecule has 0 radical (unpaired) electrons. The van der Waals surface area contributed by atoms with E-state index in [0.717, 1.165) is 44.1 Å². The van der Waals surface area contributed by atoms with Gasteiger partial charge >= 0.3 is 0 Å². The number of benzene rings is 1. The molecule has 2 fully saturated rings. The SMILES string of the molecule is CC[C@H]([NH2+]C)C(=O)N[C@H]1CCC[C@H]2CC[C@@H](C(=O)NCc3ccccc3)N2[C@H]1O. The number of carbonyl (C=O) groups is 2. The van der Waals surface area contributed by atoms with Crippen molar-refractivity contribution in [3.8, 4) is 0 Å². The molecule has 1 aromatic carbocycles. The van der Waals surface area contributed by atoms with Crippen LogP contribution in [0.2, 0.25) is 0 Å². The van der Waals surface area contributed by atoms with Gasteiger partial charge in [-0.15, -0.1) is 0 Å². The average molecular weight is 404 g/mol. The van der Waals surface area contributed by atoms with E-state index in [2.05, 4.69) is 10.6 Å². The third-order valence-corrected chi connectivity index (χ3v) is 6.39. The van der Waals surface area contributed by atoms with Gasteiger partial charge in [-0.3, -0.25) is 14.5 Å². The zero-order valence-corrected chi connectivity index (χ0v) is 17.5. The van der Waals surface area contributed by atoms with Gasteiger partial charge in [0, 0.05) is 19.0 Å². The van der Waals surface area contributed by atoms with Gasteiger partial charge in [-0.05, 0) is 37.7 Å². The number of carbonyl (C=O) groups excluding carboxylic acids is 2. The number of hydrogen-bond acceptors (Lipinski definition) is 4. The second-order valence-electron chi connectivity index (χ2n) is 8.21. The lowest BCUT2D eigenvalue weighted by Gasteiger charge is -2.35.